The molecule has 0 aliphatic carbocycles. The number of carbonyl (C=O) groups excluding carboxylic acids is 1. The smallest absolute Gasteiger partial charge is 0.305 e. The van der Waals surface area contributed by atoms with Gasteiger partial charge >= 0.3 is 5.97 Å². The van der Waals surface area contributed by atoms with Crippen molar-refractivity contribution < 1.29 is 14.3 Å². The van der Waals surface area contributed by atoms with E-state index in [2.05, 4.69) is 11.5 Å². The van der Waals surface area contributed by atoms with Gasteiger partial charge in [0.15, 0.2) is 0 Å². The topological polar surface area (TPSA) is 35.5 Å². The van der Waals surface area contributed by atoms with Crippen LogP contribution in [0.15, 0.2) is 12.7 Å². The Bertz CT molecular complexity index is 136. The van der Waals surface area contributed by atoms with E-state index in [0.29, 0.717) is 0 Å². The van der Waals surface area contributed by atoms with E-state index in [1.165, 1.54) is 0 Å². The Morgan fingerprint density at radius 3 is 2.30 bits per heavy atom. The molecule has 0 atom stereocenters. The Morgan fingerprint density at radius 2 is 2.00 bits per heavy atom. The molecule has 0 aliphatic heterocycles. The second-order valence-corrected chi connectivity index (χ2v) is 7.19. The first-order valence-corrected chi connectivity index (χ1v) is 6.38. The van der Waals surface area contributed by atoms with Crippen molar-refractivity contribution in [2.75, 3.05) is 0 Å². The molecule has 10 heavy (non-hydrogen) atoms. The van der Waals surface area contributed by atoms with Gasteiger partial charge in [0.05, 0.1) is 0 Å². The molecule has 0 aromatic heterocycles. The Morgan fingerprint density at radius 1 is 1.50 bits per heavy atom. The van der Waals surface area contributed by atoms with Gasteiger partial charge < -0.3 is 4.89 Å². The molecule has 0 rings (SSSR count). The normalized spacial score (nSPS) is 10.7. The molecule has 0 aromatic carbocycles. The largest absolute Gasteiger partial charge is 0.363 e. The summed E-state index contributed by atoms with van der Waals surface area (Å²) >= 11 is 0. The second kappa shape index (κ2) is 3.53. The molecule has 0 radical (unpaired) electrons. The minimum Gasteiger partial charge on any atom is -0.305 e. The van der Waals surface area contributed by atoms with Gasteiger partial charge in [-0.25, -0.2) is 9.37 Å². The fourth-order valence-electron chi connectivity index (χ4n) is 0.200. The molecule has 4 heteroatoms. The molecule has 0 unspecified atom stereocenters. The highest BCUT2D eigenvalue weighted by atomic mass is 28.4. The fourth-order valence-corrected chi connectivity index (χ4v) is 0.532. The maximum Gasteiger partial charge on any atom is 0.363 e. The van der Waals surface area contributed by atoms with Crippen LogP contribution in [0.25, 0.3) is 0 Å². The summed E-state index contributed by atoms with van der Waals surface area (Å²) in [5, 5.41) is 0. The van der Waals surface area contributed by atoms with Crippen LogP contribution >= 0.6 is 0 Å². The molecule has 0 amide bonds. The summed E-state index contributed by atoms with van der Waals surface area (Å²) in [5.74, 6) is -0.539. The van der Waals surface area contributed by atoms with Gasteiger partial charge in [0.2, 0.25) is 8.32 Å². The fraction of sp³-hybridized carbons (Fsp3) is 0.500. The van der Waals surface area contributed by atoms with Crippen molar-refractivity contribution in [3.05, 3.63) is 12.7 Å². The lowest BCUT2D eigenvalue weighted by Gasteiger charge is -2.12. The molecule has 0 bridgehead atoms. The van der Waals surface area contributed by atoms with E-state index in [4.69, 9.17) is 4.58 Å². The van der Waals surface area contributed by atoms with Crippen LogP contribution in [-0.2, 0) is 14.3 Å². The quantitative estimate of drug-likeness (QED) is 0.271. The van der Waals surface area contributed by atoms with Crippen molar-refractivity contribution in [3.63, 3.8) is 0 Å². The zero-order valence-corrected chi connectivity index (χ0v) is 7.51. The van der Waals surface area contributed by atoms with E-state index < -0.39 is 14.3 Å². The molecule has 0 N–H and O–H groups in total. The number of carbonyl (C=O) groups is 1. The van der Waals surface area contributed by atoms with Gasteiger partial charge in [0.25, 0.3) is 0 Å². The number of hydrogen-bond acceptors (Lipinski definition) is 3. The maximum absolute atomic E-state index is 10.4. The van der Waals surface area contributed by atoms with Crippen molar-refractivity contribution in [2.45, 2.75) is 19.6 Å². The summed E-state index contributed by atoms with van der Waals surface area (Å²) < 4.78 is 4.80. The predicted octanol–water partition coefficient (Wildman–Crippen LogP) is 1.48. The van der Waals surface area contributed by atoms with Crippen molar-refractivity contribution in [1.29, 1.82) is 0 Å². The minimum absolute atomic E-state index is 0.539. The van der Waals surface area contributed by atoms with Gasteiger partial charge in [-0.15, -0.1) is 0 Å². The van der Waals surface area contributed by atoms with Crippen LogP contribution < -0.4 is 0 Å². The molecule has 3 nitrogen and oxygen atoms in total. The van der Waals surface area contributed by atoms with Crippen LogP contribution in [0.4, 0.5) is 0 Å². The van der Waals surface area contributed by atoms with Crippen molar-refractivity contribution >= 4 is 14.3 Å². The van der Waals surface area contributed by atoms with Crippen LogP contribution in [0.2, 0.25) is 19.6 Å². The van der Waals surface area contributed by atoms with E-state index in [9.17, 15) is 4.79 Å². The van der Waals surface area contributed by atoms with Crippen LogP contribution in [-0.4, -0.2) is 14.3 Å². The highest BCUT2D eigenvalue weighted by Gasteiger charge is 2.17. The van der Waals surface area contributed by atoms with Gasteiger partial charge in [0, 0.05) is 6.08 Å². The third-order valence-corrected chi connectivity index (χ3v) is 1.12. The van der Waals surface area contributed by atoms with E-state index in [1.807, 2.05) is 19.6 Å². The SMILES string of the molecule is C=CC(=O)OO[Si](C)(C)C. The first-order valence-electron chi connectivity index (χ1n) is 2.98. The highest BCUT2D eigenvalue weighted by Crippen LogP contribution is 2.02. The first-order chi connectivity index (χ1) is 4.45. The molecule has 0 spiro atoms. The predicted molar refractivity (Wildman–Crippen MR) is 40.7 cm³/mol. The summed E-state index contributed by atoms with van der Waals surface area (Å²) in [5.41, 5.74) is 0. The average molecular weight is 160 g/mol. The Kier molecular flexibility index (Phi) is 3.31. The van der Waals surface area contributed by atoms with Crippen molar-refractivity contribution in [2.24, 2.45) is 0 Å². The van der Waals surface area contributed by atoms with E-state index in [-0.39, 0.29) is 0 Å². The van der Waals surface area contributed by atoms with Crippen LogP contribution in [0.1, 0.15) is 0 Å². The average Bonchev–Trinajstić information content (AvgIpc) is 1.81. The molecule has 0 saturated carbocycles. The lowest BCUT2D eigenvalue weighted by atomic mass is 10.7. The van der Waals surface area contributed by atoms with Crippen molar-refractivity contribution in [3.8, 4) is 0 Å². The second-order valence-electron chi connectivity index (χ2n) is 2.80. The summed E-state index contributed by atoms with van der Waals surface area (Å²) in [7, 11) is -1.73. The molecule has 0 heterocycles. The number of hydrogen-bond donors (Lipinski definition) is 0. The summed E-state index contributed by atoms with van der Waals surface area (Å²) in [6.45, 7) is 8.98. The van der Waals surface area contributed by atoms with Gasteiger partial charge in [0.1, 0.15) is 0 Å². The summed E-state index contributed by atoms with van der Waals surface area (Å²) in [4.78, 5) is 14.8. The zero-order valence-electron chi connectivity index (χ0n) is 6.51. The van der Waals surface area contributed by atoms with E-state index >= 15 is 0 Å². The van der Waals surface area contributed by atoms with Crippen LogP contribution in [0.3, 0.4) is 0 Å². The Labute approximate surface area is 61.7 Å². The third-order valence-electron chi connectivity index (χ3n) is 0.540. The first kappa shape index (κ1) is 9.39. The van der Waals surface area contributed by atoms with E-state index in [0.717, 1.165) is 6.08 Å². The molecule has 0 aliphatic rings. The monoisotopic (exact) mass is 160 g/mol. The molecule has 0 aromatic rings. The molecular weight excluding hydrogens is 148 g/mol. The molecule has 58 valence electrons. The zero-order chi connectivity index (χ0) is 8.20. The standard InChI is InChI=1S/C6H12O3Si/c1-5-6(7)8-9-10(2,3)4/h5H,1H2,2-4H3. The molecule has 0 saturated heterocycles. The Hall–Kier alpha value is -0.613. The van der Waals surface area contributed by atoms with Gasteiger partial charge in [-0.1, -0.05) is 6.58 Å². The maximum atomic E-state index is 10.4. The van der Waals surface area contributed by atoms with Crippen LogP contribution in [0.5, 0.6) is 0 Å². The third kappa shape index (κ3) is 5.52. The van der Waals surface area contributed by atoms with Gasteiger partial charge in [-0.05, 0) is 19.6 Å². The number of rotatable bonds is 3. The van der Waals surface area contributed by atoms with Gasteiger partial charge in [-0.3, -0.25) is 0 Å². The lowest BCUT2D eigenvalue weighted by Crippen LogP contribution is -2.26. The molecule has 0 fully saturated rings. The molecular formula is C6H12O3Si. The lowest BCUT2D eigenvalue weighted by molar-refractivity contribution is -0.213. The summed E-state index contributed by atoms with van der Waals surface area (Å²) in [6.07, 6.45) is 1.07. The van der Waals surface area contributed by atoms with Crippen LogP contribution in [0, 0.1) is 0 Å². The van der Waals surface area contributed by atoms with E-state index in [1.54, 1.807) is 0 Å². The minimum atomic E-state index is -1.73. The highest BCUT2D eigenvalue weighted by molar-refractivity contribution is 6.69. The Balaban J connectivity index is 3.55. The summed E-state index contributed by atoms with van der Waals surface area (Å²) in [6, 6.07) is 0. The van der Waals surface area contributed by atoms with Gasteiger partial charge in [-0.2, -0.15) is 0 Å². The van der Waals surface area contributed by atoms with Crippen molar-refractivity contribution in [1.82, 2.24) is 0 Å².